The molecule has 1 aromatic rings. The van der Waals surface area contributed by atoms with E-state index in [-0.39, 0.29) is 6.61 Å². The topological polar surface area (TPSA) is 38.7 Å². The van der Waals surface area contributed by atoms with Crippen LogP contribution in [0.2, 0.25) is 0 Å². The maximum Gasteiger partial charge on any atom is 0.161 e. The van der Waals surface area contributed by atoms with Crippen molar-refractivity contribution in [2.75, 3.05) is 41.0 Å². The molecule has 0 aromatic heterocycles. The van der Waals surface area contributed by atoms with Gasteiger partial charge in [-0.15, -0.1) is 0 Å². The van der Waals surface area contributed by atoms with Gasteiger partial charge < -0.3 is 19.1 Å². The Bertz CT molecular complexity index is 447. The van der Waals surface area contributed by atoms with Crippen LogP contribution in [0, 0.1) is 0 Å². The highest BCUT2D eigenvalue weighted by molar-refractivity contribution is 5.47. The second-order valence-electron chi connectivity index (χ2n) is 5.53. The highest BCUT2D eigenvalue weighted by atomic mass is 16.5. The first kappa shape index (κ1) is 14.2. The number of ether oxygens (including phenoxy) is 2. The second kappa shape index (κ2) is 5.80. The van der Waals surface area contributed by atoms with Crippen molar-refractivity contribution >= 4 is 0 Å². The van der Waals surface area contributed by atoms with Gasteiger partial charge >= 0.3 is 0 Å². The van der Waals surface area contributed by atoms with Gasteiger partial charge in [-0.25, -0.2) is 0 Å². The first-order chi connectivity index (χ1) is 9.11. The Kier molecular flexibility index (Phi) is 4.32. The summed E-state index contributed by atoms with van der Waals surface area (Å²) in [5.41, 5.74) is 2.70. The Labute approximate surface area is 115 Å². The summed E-state index contributed by atoms with van der Waals surface area (Å²) in [6.45, 7) is 3.40. The lowest BCUT2D eigenvalue weighted by molar-refractivity contribution is -0.924. The van der Waals surface area contributed by atoms with E-state index in [0.717, 1.165) is 48.5 Å². The zero-order chi connectivity index (χ0) is 13.9. The molecule has 1 unspecified atom stereocenters. The summed E-state index contributed by atoms with van der Waals surface area (Å²) >= 11 is 0. The van der Waals surface area contributed by atoms with Crippen LogP contribution in [0.3, 0.4) is 0 Å². The van der Waals surface area contributed by atoms with E-state index >= 15 is 0 Å². The third kappa shape index (κ3) is 3.01. The van der Waals surface area contributed by atoms with Crippen LogP contribution in [0.5, 0.6) is 11.5 Å². The van der Waals surface area contributed by atoms with Gasteiger partial charge in [0.25, 0.3) is 0 Å². The van der Waals surface area contributed by atoms with E-state index in [0.29, 0.717) is 0 Å². The fourth-order valence-corrected chi connectivity index (χ4v) is 2.87. The maximum absolute atomic E-state index is 9.01. The van der Waals surface area contributed by atoms with Gasteiger partial charge in [0.15, 0.2) is 11.5 Å². The van der Waals surface area contributed by atoms with E-state index in [4.69, 9.17) is 14.6 Å². The zero-order valence-electron chi connectivity index (χ0n) is 12.1. The molecular weight excluding hydrogens is 242 g/mol. The Balaban J connectivity index is 2.24. The summed E-state index contributed by atoms with van der Waals surface area (Å²) < 4.78 is 11.7. The fraction of sp³-hybridized carbons (Fsp3) is 0.600. The van der Waals surface area contributed by atoms with Crippen molar-refractivity contribution in [1.29, 1.82) is 0 Å². The van der Waals surface area contributed by atoms with Crippen molar-refractivity contribution in [2.45, 2.75) is 19.4 Å². The molecule has 2 rings (SSSR count). The van der Waals surface area contributed by atoms with E-state index in [1.807, 2.05) is 0 Å². The van der Waals surface area contributed by atoms with Crippen molar-refractivity contribution in [3.05, 3.63) is 23.3 Å². The summed E-state index contributed by atoms with van der Waals surface area (Å²) in [6, 6.07) is 4.20. The molecule has 0 fully saturated rings. The summed E-state index contributed by atoms with van der Waals surface area (Å²) in [5.74, 6) is 1.62. The highest BCUT2D eigenvalue weighted by Crippen LogP contribution is 2.34. The smallest absolute Gasteiger partial charge is 0.161 e. The molecule has 0 bridgehead atoms. The fourth-order valence-electron chi connectivity index (χ4n) is 2.87. The van der Waals surface area contributed by atoms with Crippen LogP contribution < -0.4 is 9.47 Å². The van der Waals surface area contributed by atoms with E-state index in [1.54, 1.807) is 14.2 Å². The third-order valence-corrected chi connectivity index (χ3v) is 4.03. The minimum atomic E-state index is 0.270. The van der Waals surface area contributed by atoms with E-state index in [9.17, 15) is 0 Å². The third-order valence-electron chi connectivity index (χ3n) is 4.03. The lowest BCUT2D eigenvalue weighted by Crippen LogP contribution is -2.48. The Morgan fingerprint density at radius 3 is 2.37 bits per heavy atom. The van der Waals surface area contributed by atoms with Crippen LogP contribution in [0.15, 0.2) is 12.1 Å². The predicted octanol–water partition coefficient (Wildman–Crippen LogP) is 1.59. The van der Waals surface area contributed by atoms with Gasteiger partial charge in [-0.3, -0.25) is 0 Å². The first-order valence-electron chi connectivity index (χ1n) is 6.80. The molecule has 0 saturated carbocycles. The normalized spacial score (nSPS) is 21.9. The lowest BCUT2D eigenvalue weighted by Gasteiger charge is -2.39. The van der Waals surface area contributed by atoms with Crippen molar-refractivity contribution in [1.82, 2.24) is 0 Å². The van der Waals surface area contributed by atoms with Gasteiger partial charge in [0.1, 0.15) is 6.54 Å². The van der Waals surface area contributed by atoms with Crippen molar-refractivity contribution in [3.63, 3.8) is 0 Å². The maximum atomic E-state index is 9.01. The Morgan fingerprint density at radius 1 is 1.16 bits per heavy atom. The van der Waals surface area contributed by atoms with Crippen LogP contribution in [0.1, 0.15) is 17.5 Å². The second-order valence-corrected chi connectivity index (χ2v) is 5.53. The van der Waals surface area contributed by atoms with Crippen molar-refractivity contribution in [2.24, 2.45) is 0 Å². The Morgan fingerprint density at radius 2 is 1.79 bits per heavy atom. The van der Waals surface area contributed by atoms with E-state index in [2.05, 4.69) is 19.2 Å². The number of aliphatic hydroxyl groups is 1. The number of benzene rings is 1. The van der Waals surface area contributed by atoms with Crippen LogP contribution in [-0.4, -0.2) is 50.6 Å². The van der Waals surface area contributed by atoms with E-state index in [1.165, 1.54) is 11.1 Å². The predicted molar refractivity (Wildman–Crippen MR) is 74.6 cm³/mol. The van der Waals surface area contributed by atoms with Gasteiger partial charge in [0, 0.05) is 25.0 Å². The summed E-state index contributed by atoms with van der Waals surface area (Å²) in [5, 5.41) is 9.01. The van der Waals surface area contributed by atoms with Crippen LogP contribution in [0.25, 0.3) is 0 Å². The van der Waals surface area contributed by atoms with Gasteiger partial charge in [-0.05, 0) is 17.7 Å². The number of hydrogen-bond acceptors (Lipinski definition) is 3. The molecule has 0 aliphatic carbocycles. The molecule has 106 valence electrons. The van der Waals surface area contributed by atoms with Crippen molar-refractivity contribution in [3.8, 4) is 11.5 Å². The molecule has 4 nitrogen and oxygen atoms in total. The molecule has 0 spiro atoms. The Hall–Kier alpha value is -1.26. The van der Waals surface area contributed by atoms with Crippen LogP contribution >= 0.6 is 0 Å². The molecule has 19 heavy (non-hydrogen) atoms. The van der Waals surface area contributed by atoms with Crippen LogP contribution in [-0.2, 0) is 13.0 Å². The molecule has 1 N–H and O–H groups in total. The lowest BCUT2D eigenvalue weighted by atomic mass is 9.97. The SMILES string of the molecule is COc1cc2c(cc1OC)C[N+](C)(CCCO)CC2. The quantitative estimate of drug-likeness (QED) is 0.823. The zero-order valence-corrected chi connectivity index (χ0v) is 12.1. The minimum Gasteiger partial charge on any atom is -0.493 e. The molecule has 1 aromatic carbocycles. The minimum absolute atomic E-state index is 0.270. The number of quaternary nitrogens is 1. The molecular formula is C15H24NO3+. The highest BCUT2D eigenvalue weighted by Gasteiger charge is 2.29. The first-order valence-corrected chi connectivity index (χ1v) is 6.80. The van der Waals surface area contributed by atoms with Gasteiger partial charge in [-0.2, -0.15) is 0 Å². The number of methoxy groups -OCH3 is 2. The molecule has 1 heterocycles. The van der Waals surface area contributed by atoms with Crippen LogP contribution in [0.4, 0.5) is 0 Å². The van der Waals surface area contributed by atoms with Gasteiger partial charge in [0.05, 0.1) is 34.4 Å². The molecule has 1 aliphatic rings. The van der Waals surface area contributed by atoms with E-state index < -0.39 is 0 Å². The number of fused-ring (bicyclic) bond motifs is 1. The van der Waals surface area contributed by atoms with Gasteiger partial charge in [0.2, 0.25) is 0 Å². The molecule has 1 aliphatic heterocycles. The summed E-state index contributed by atoms with van der Waals surface area (Å²) in [4.78, 5) is 0. The number of rotatable bonds is 5. The molecule has 0 amide bonds. The summed E-state index contributed by atoms with van der Waals surface area (Å²) in [6.07, 6.45) is 1.91. The molecule has 4 heteroatoms. The summed E-state index contributed by atoms with van der Waals surface area (Å²) in [7, 11) is 5.61. The van der Waals surface area contributed by atoms with Gasteiger partial charge in [-0.1, -0.05) is 0 Å². The number of hydrogen-bond donors (Lipinski definition) is 1. The number of nitrogens with zero attached hydrogens (tertiary/aromatic N) is 1. The molecule has 1 atom stereocenters. The largest absolute Gasteiger partial charge is 0.493 e. The van der Waals surface area contributed by atoms with Crippen molar-refractivity contribution < 1.29 is 19.1 Å². The number of aliphatic hydroxyl groups excluding tert-OH is 1. The standard InChI is InChI=1S/C15H24NO3/c1-16(6-4-8-17)7-5-12-9-14(18-2)15(19-3)10-13(12)11-16/h9-10,17H,4-8,11H2,1-3H3/q+1. The molecule has 0 radical (unpaired) electrons. The monoisotopic (exact) mass is 266 g/mol. The average molecular weight is 266 g/mol. The molecule has 0 saturated heterocycles. The average Bonchev–Trinajstić information content (AvgIpc) is 2.43. The number of likely N-dealkylation sites (N-methyl/N-ethyl adjacent to an activating group) is 1.